The number of rotatable bonds is 5. The van der Waals surface area contributed by atoms with Crippen LogP contribution in [0.25, 0.3) is 10.4 Å². The van der Waals surface area contributed by atoms with E-state index >= 15 is 0 Å². The van der Waals surface area contributed by atoms with Gasteiger partial charge < -0.3 is 25.6 Å². The van der Waals surface area contributed by atoms with Gasteiger partial charge in [0.25, 0.3) is 0 Å². The zero-order chi connectivity index (χ0) is 15.2. The van der Waals surface area contributed by atoms with E-state index in [-0.39, 0.29) is 51.4 Å². The second-order valence-corrected chi connectivity index (χ2v) is 5.16. The summed E-state index contributed by atoms with van der Waals surface area (Å²) in [5.41, 5.74) is 1.47. The number of hydrogen-bond acceptors (Lipinski definition) is 5. The smallest absolute Gasteiger partial charge is 0.548 e. The standard InChI is InChI=1S/C14H14N2O4S.K/c17-8-11(13(18)19)16-14(20)15-10-4-1-3-9(7-10)12-5-2-6-21-12;/h1-7,11,17H,8H2,(H,18,19)(H2,15,16,20);/q;+1/p-1/t11-;/m0./s1. The Morgan fingerprint density at radius 2 is 2.05 bits per heavy atom. The van der Waals surface area contributed by atoms with Crippen molar-refractivity contribution in [3.8, 4) is 10.4 Å². The third-order valence-corrected chi connectivity index (χ3v) is 3.62. The van der Waals surface area contributed by atoms with Crippen molar-refractivity contribution in [2.45, 2.75) is 6.04 Å². The fraction of sp³-hybridized carbons (Fsp3) is 0.143. The summed E-state index contributed by atoms with van der Waals surface area (Å²) in [6, 6.07) is 8.88. The molecule has 1 heterocycles. The number of aliphatic hydroxyl groups excluding tert-OH is 1. The van der Waals surface area contributed by atoms with Crippen LogP contribution in [0.5, 0.6) is 0 Å². The van der Waals surface area contributed by atoms with Crippen LogP contribution in [0, 0.1) is 0 Å². The number of benzene rings is 1. The van der Waals surface area contributed by atoms with Gasteiger partial charge in [-0.15, -0.1) is 11.3 Å². The molecule has 0 fully saturated rings. The Balaban J connectivity index is 0.00000242. The molecule has 2 aromatic rings. The number of anilines is 1. The first-order chi connectivity index (χ1) is 10.1. The Labute approximate surface area is 174 Å². The largest absolute Gasteiger partial charge is 1.00 e. The summed E-state index contributed by atoms with van der Waals surface area (Å²) < 4.78 is 0. The van der Waals surface area contributed by atoms with Crippen LogP contribution in [-0.4, -0.2) is 29.8 Å². The predicted octanol–water partition coefficient (Wildman–Crippen LogP) is -2.35. The van der Waals surface area contributed by atoms with Gasteiger partial charge in [-0.05, 0) is 29.1 Å². The van der Waals surface area contributed by atoms with E-state index in [1.807, 2.05) is 23.6 Å². The maximum atomic E-state index is 11.7. The van der Waals surface area contributed by atoms with E-state index in [2.05, 4.69) is 10.6 Å². The first kappa shape index (κ1) is 19.3. The number of aliphatic hydroxyl groups is 1. The van der Waals surface area contributed by atoms with Gasteiger partial charge in [0, 0.05) is 10.6 Å². The van der Waals surface area contributed by atoms with E-state index in [0.717, 1.165) is 10.4 Å². The predicted molar refractivity (Wildman–Crippen MR) is 77.8 cm³/mol. The van der Waals surface area contributed by atoms with Crippen molar-refractivity contribution in [2.75, 3.05) is 11.9 Å². The van der Waals surface area contributed by atoms with Gasteiger partial charge in [0.15, 0.2) is 0 Å². The minimum absolute atomic E-state index is 0. The fourth-order valence-electron chi connectivity index (χ4n) is 1.70. The summed E-state index contributed by atoms with van der Waals surface area (Å²) in [6.07, 6.45) is 0. The molecule has 22 heavy (non-hydrogen) atoms. The van der Waals surface area contributed by atoms with Gasteiger partial charge >= 0.3 is 57.4 Å². The zero-order valence-corrected chi connectivity index (χ0v) is 15.8. The van der Waals surface area contributed by atoms with E-state index in [9.17, 15) is 14.7 Å². The van der Waals surface area contributed by atoms with Crippen molar-refractivity contribution in [2.24, 2.45) is 0 Å². The molecular formula is C14H13KN2O4S. The van der Waals surface area contributed by atoms with Crippen molar-refractivity contribution < 1.29 is 71.2 Å². The molecule has 110 valence electrons. The topological polar surface area (TPSA) is 101 Å². The van der Waals surface area contributed by atoms with Gasteiger partial charge in [-0.3, -0.25) is 0 Å². The second kappa shape index (κ2) is 9.41. The fourth-order valence-corrected chi connectivity index (χ4v) is 2.42. The number of aliphatic carboxylic acids is 1. The number of carbonyl (C=O) groups is 2. The van der Waals surface area contributed by atoms with Crippen molar-refractivity contribution >= 4 is 29.0 Å². The van der Waals surface area contributed by atoms with E-state index < -0.39 is 24.6 Å². The minimum atomic E-state index is -1.54. The molecule has 3 N–H and O–H groups in total. The molecule has 0 bridgehead atoms. The molecule has 8 heteroatoms. The number of carbonyl (C=O) groups excluding carboxylic acids is 2. The monoisotopic (exact) mass is 344 g/mol. The Bertz CT molecular complexity index is 634. The van der Waals surface area contributed by atoms with Crippen LogP contribution in [0.4, 0.5) is 10.5 Å². The van der Waals surface area contributed by atoms with Gasteiger partial charge in [-0.2, -0.15) is 0 Å². The van der Waals surface area contributed by atoms with Crippen LogP contribution in [0.15, 0.2) is 41.8 Å². The number of urea groups is 1. The summed E-state index contributed by atoms with van der Waals surface area (Å²) in [6.45, 7) is -0.731. The van der Waals surface area contributed by atoms with E-state index in [4.69, 9.17) is 5.11 Å². The molecule has 0 unspecified atom stereocenters. The SMILES string of the molecule is O=C(Nc1cccc(-c2cccs2)c1)N[C@@H](CO)C(=O)[O-].[K+]. The first-order valence-electron chi connectivity index (χ1n) is 6.13. The van der Waals surface area contributed by atoms with Crippen LogP contribution >= 0.6 is 11.3 Å². The Hall–Kier alpha value is -0.744. The third kappa shape index (κ3) is 5.47. The van der Waals surface area contributed by atoms with Gasteiger partial charge in [0.05, 0.1) is 18.6 Å². The quantitative estimate of drug-likeness (QED) is 0.529. The normalized spacial score (nSPS) is 11.1. The summed E-state index contributed by atoms with van der Waals surface area (Å²) in [5.74, 6) is -1.54. The van der Waals surface area contributed by atoms with Crippen LogP contribution in [-0.2, 0) is 4.79 Å². The number of carboxylic acid groups (broad SMARTS) is 1. The Morgan fingerprint density at radius 1 is 1.27 bits per heavy atom. The molecule has 6 nitrogen and oxygen atoms in total. The van der Waals surface area contributed by atoms with Gasteiger partial charge in [-0.1, -0.05) is 18.2 Å². The van der Waals surface area contributed by atoms with Gasteiger partial charge in [0.1, 0.15) is 0 Å². The first-order valence-corrected chi connectivity index (χ1v) is 7.01. The summed E-state index contributed by atoms with van der Waals surface area (Å²) >= 11 is 1.57. The number of nitrogens with one attached hydrogen (secondary N) is 2. The Morgan fingerprint density at radius 3 is 2.64 bits per heavy atom. The van der Waals surface area contributed by atoms with Crippen molar-refractivity contribution in [3.63, 3.8) is 0 Å². The van der Waals surface area contributed by atoms with Crippen LogP contribution < -0.4 is 67.1 Å². The number of thiophene rings is 1. The number of carboxylic acids is 1. The van der Waals surface area contributed by atoms with Crippen LogP contribution in [0.1, 0.15) is 0 Å². The summed E-state index contributed by atoms with van der Waals surface area (Å²) in [7, 11) is 0. The number of hydrogen-bond donors (Lipinski definition) is 3. The van der Waals surface area contributed by atoms with Gasteiger partial charge in [-0.25, -0.2) is 4.79 Å². The maximum Gasteiger partial charge on any atom is 1.00 e. The molecule has 0 aliphatic carbocycles. The molecule has 0 aliphatic rings. The molecule has 0 spiro atoms. The van der Waals surface area contributed by atoms with Crippen LogP contribution in [0.2, 0.25) is 0 Å². The molecule has 1 aromatic heterocycles. The molecule has 2 rings (SSSR count). The average Bonchev–Trinajstić information content (AvgIpc) is 2.99. The van der Waals surface area contributed by atoms with Crippen LogP contribution in [0.3, 0.4) is 0 Å². The van der Waals surface area contributed by atoms with Crippen molar-refractivity contribution in [1.82, 2.24) is 5.32 Å². The zero-order valence-electron chi connectivity index (χ0n) is 11.9. The molecule has 1 atom stereocenters. The maximum absolute atomic E-state index is 11.7. The van der Waals surface area contributed by atoms with Crippen molar-refractivity contribution in [3.05, 3.63) is 41.8 Å². The summed E-state index contributed by atoms with van der Waals surface area (Å²) in [5, 5.41) is 26.0. The molecule has 0 radical (unpaired) electrons. The third-order valence-electron chi connectivity index (χ3n) is 2.70. The molecule has 1 aromatic carbocycles. The average molecular weight is 344 g/mol. The van der Waals surface area contributed by atoms with E-state index in [1.165, 1.54) is 0 Å². The minimum Gasteiger partial charge on any atom is -0.548 e. The van der Waals surface area contributed by atoms with E-state index in [0.29, 0.717) is 5.69 Å². The summed E-state index contributed by atoms with van der Waals surface area (Å²) in [4.78, 5) is 23.3. The molecule has 0 saturated heterocycles. The van der Waals surface area contributed by atoms with E-state index in [1.54, 1.807) is 29.5 Å². The molecular weight excluding hydrogens is 331 g/mol. The molecule has 2 amide bonds. The number of amides is 2. The molecule has 0 saturated carbocycles. The second-order valence-electron chi connectivity index (χ2n) is 4.21. The Kier molecular flexibility index (Phi) is 8.25. The molecule has 0 aliphatic heterocycles. The van der Waals surface area contributed by atoms with Crippen molar-refractivity contribution in [1.29, 1.82) is 0 Å². The van der Waals surface area contributed by atoms with Gasteiger partial charge in [0.2, 0.25) is 0 Å².